The van der Waals surface area contributed by atoms with Crippen molar-refractivity contribution in [2.24, 2.45) is 23.2 Å². The number of carbonyl (C=O) groups excluding carboxylic acids is 7. The largest absolute Gasteiger partial charge is 0.352 e. The van der Waals surface area contributed by atoms with Crippen molar-refractivity contribution in [2.75, 3.05) is 20.6 Å². The zero-order chi connectivity index (χ0) is 50.6. The molecule has 15 nitrogen and oxygen atoms in total. The van der Waals surface area contributed by atoms with Crippen LogP contribution in [-0.2, 0) is 30.4 Å². The molecular formula is C53H82N8O7. The van der Waals surface area contributed by atoms with Crippen LogP contribution in [0.1, 0.15) is 153 Å². The standard InChI is InChI=1S/C53H82N8O7/c1-30(2)32(5)57-50(66)42(56-33(6)46(31(3)4)59-48(64)34(7)54-12)24-25-44(62)38-20-16-21-39(28-38)45(63)27-36-26-43(51(67)58-41-23-17-19-37-18-14-15-22-40(37)41)61(29-36)52(68)47(53(9,10)11)60-49(65)35(8)55-13/h14-16,18,20-22,28,30-36,41-43,46-47,54-56H,17,19,23-27,29H2,1-13H3,(H,57,66)(H,58,67)(H,59,64)(H,60,65)/t32-,33?,34+,35+,36-,41-,42+,43+,46+,47-/m1/s1. The molecule has 0 spiro atoms. The number of Topliss-reactive ketones (excluding diaryl/α,β-unsaturated/α-hetero) is 2. The maximum atomic E-state index is 14.6. The molecule has 1 fully saturated rings. The van der Waals surface area contributed by atoms with E-state index in [-0.39, 0.29) is 115 Å². The molecule has 4 rings (SSSR count). The summed E-state index contributed by atoms with van der Waals surface area (Å²) in [7, 11) is 3.39. The summed E-state index contributed by atoms with van der Waals surface area (Å²) in [6.45, 7) is 21.2. The second-order valence-corrected chi connectivity index (χ2v) is 21.1. The van der Waals surface area contributed by atoms with E-state index in [9.17, 15) is 33.6 Å². The van der Waals surface area contributed by atoms with Crippen molar-refractivity contribution < 1.29 is 33.6 Å². The van der Waals surface area contributed by atoms with Gasteiger partial charge in [0, 0.05) is 48.6 Å². The number of amides is 5. The Kier molecular flexibility index (Phi) is 20.5. The number of nitrogens with one attached hydrogen (secondary N) is 7. The maximum absolute atomic E-state index is 14.6. The van der Waals surface area contributed by atoms with Crippen LogP contribution in [0.4, 0.5) is 0 Å². The molecular weight excluding hydrogens is 861 g/mol. The Labute approximate surface area is 405 Å². The minimum absolute atomic E-state index is 0.0154. The Morgan fingerprint density at radius 1 is 0.721 bits per heavy atom. The zero-order valence-electron chi connectivity index (χ0n) is 43.0. The molecule has 2 aromatic carbocycles. The van der Waals surface area contributed by atoms with Gasteiger partial charge in [-0.2, -0.15) is 0 Å². The third-order valence-corrected chi connectivity index (χ3v) is 14.1. The van der Waals surface area contributed by atoms with Crippen LogP contribution in [0.25, 0.3) is 0 Å². The predicted molar refractivity (Wildman–Crippen MR) is 267 cm³/mol. The van der Waals surface area contributed by atoms with Crippen molar-refractivity contribution in [3.63, 3.8) is 0 Å². The summed E-state index contributed by atoms with van der Waals surface area (Å²) in [6, 6.07) is 10.2. The second-order valence-electron chi connectivity index (χ2n) is 21.1. The van der Waals surface area contributed by atoms with E-state index in [1.165, 1.54) is 5.56 Å². The number of likely N-dealkylation sites (tertiary alicyclic amines) is 1. The van der Waals surface area contributed by atoms with Gasteiger partial charge in [-0.25, -0.2) is 0 Å². The Balaban J connectivity index is 1.54. The lowest BCUT2D eigenvalue weighted by molar-refractivity contribution is -0.144. The summed E-state index contributed by atoms with van der Waals surface area (Å²) in [5.41, 5.74) is 2.22. The number of benzene rings is 2. The average Bonchev–Trinajstić information content (AvgIpc) is 3.73. The van der Waals surface area contributed by atoms with Crippen LogP contribution in [0.15, 0.2) is 48.5 Å². The van der Waals surface area contributed by atoms with Gasteiger partial charge in [0.15, 0.2) is 11.6 Å². The number of aryl methyl sites for hydroxylation is 1. The first-order chi connectivity index (χ1) is 32.0. The molecule has 1 aliphatic heterocycles. The molecule has 376 valence electrons. The molecule has 0 radical (unpaired) electrons. The van der Waals surface area contributed by atoms with E-state index in [4.69, 9.17) is 0 Å². The van der Waals surface area contributed by atoms with Crippen LogP contribution >= 0.6 is 0 Å². The van der Waals surface area contributed by atoms with Crippen molar-refractivity contribution in [3.05, 3.63) is 70.8 Å². The fourth-order valence-electron chi connectivity index (χ4n) is 9.11. The molecule has 15 heteroatoms. The van der Waals surface area contributed by atoms with Crippen molar-refractivity contribution in [2.45, 2.75) is 175 Å². The molecule has 2 aromatic rings. The Morgan fingerprint density at radius 3 is 1.94 bits per heavy atom. The predicted octanol–water partition coefficient (Wildman–Crippen LogP) is 5.03. The SMILES string of the molecule is CN[C@@H](C)C(=O)N[C@@H](C(C)C)C(C)N[C@@H](CCC(=O)c1cccc(C(=O)C[C@H]2C[C@@H](C(=O)N[C@@H]3CCCc4ccccc43)N(C(=O)[C@@H](NC(=O)[C@H](C)NC)C(C)(C)C)C2)c1)C(=O)N[C@H](C)C(C)C. The van der Waals surface area contributed by atoms with E-state index in [1.54, 1.807) is 57.1 Å². The van der Waals surface area contributed by atoms with Gasteiger partial charge in [-0.1, -0.05) is 90.9 Å². The lowest BCUT2D eigenvalue weighted by Crippen LogP contribution is -2.59. The monoisotopic (exact) mass is 943 g/mol. The molecule has 2 aliphatic rings. The Hall–Kier alpha value is -4.99. The van der Waals surface area contributed by atoms with Gasteiger partial charge in [0.1, 0.15) is 12.1 Å². The number of fused-ring (bicyclic) bond motifs is 1. The molecule has 0 saturated carbocycles. The van der Waals surface area contributed by atoms with Gasteiger partial charge in [0.2, 0.25) is 29.5 Å². The average molecular weight is 943 g/mol. The number of rotatable bonds is 23. The van der Waals surface area contributed by atoms with Crippen molar-refractivity contribution in [1.82, 2.24) is 42.1 Å². The summed E-state index contributed by atoms with van der Waals surface area (Å²) in [4.78, 5) is 98.4. The first-order valence-electron chi connectivity index (χ1n) is 24.8. The summed E-state index contributed by atoms with van der Waals surface area (Å²) < 4.78 is 0. The highest BCUT2D eigenvalue weighted by Crippen LogP contribution is 2.34. The van der Waals surface area contributed by atoms with E-state index in [0.717, 1.165) is 24.8 Å². The molecule has 1 saturated heterocycles. The van der Waals surface area contributed by atoms with Gasteiger partial charge in [0.25, 0.3) is 0 Å². The van der Waals surface area contributed by atoms with E-state index in [0.29, 0.717) is 11.1 Å². The van der Waals surface area contributed by atoms with Gasteiger partial charge in [-0.3, -0.25) is 33.6 Å². The molecule has 7 N–H and O–H groups in total. The highest BCUT2D eigenvalue weighted by Gasteiger charge is 2.46. The van der Waals surface area contributed by atoms with Crippen molar-refractivity contribution >= 4 is 41.1 Å². The normalized spacial score (nSPS) is 20.3. The topological polar surface area (TPSA) is 207 Å². The molecule has 0 bridgehead atoms. The number of hydrogen-bond acceptors (Lipinski definition) is 10. The fourth-order valence-corrected chi connectivity index (χ4v) is 9.11. The van der Waals surface area contributed by atoms with Gasteiger partial charge >= 0.3 is 0 Å². The minimum atomic E-state index is -0.944. The zero-order valence-corrected chi connectivity index (χ0v) is 43.0. The van der Waals surface area contributed by atoms with Crippen LogP contribution in [0.3, 0.4) is 0 Å². The van der Waals surface area contributed by atoms with Gasteiger partial charge in [-0.15, -0.1) is 0 Å². The van der Waals surface area contributed by atoms with E-state index >= 15 is 0 Å². The van der Waals surface area contributed by atoms with E-state index < -0.39 is 35.6 Å². The van der Waals surface area contributed by atoms with Crippen molar-refractivity contribution in [3.8, 4) is 0 Å². The smallest absolute Gasteiger partial charge is 0.246 e. The highest BCUT2D eigenvalue weighted by molar-refractivity contribution is 6.02. The lowest BCUT2D eigenvalue weighted by Gasteiger charge is -2.36. The maximum Gasteiger partial charge on any atom is 0.246 e. The van der Waals surface area contributed by atoms with Crippen LogP contribution in [-0.4, -0.2) is 115 Å². The third kappa shape index (κ3) is 15.0. The summed E-state index contributed by atoms with van der Waals surface area (Å²) in [5.74, 6) is -2.04. The number of likely N-dealkylation sites (N-methyl/N-ethyl adjacent to an activating group) is 2. The number of ketones is 2. The lowest BCUT2D eigenvalue weighted by atomic mass is 9.85. The number of nitrogens with zero attached hydrogens (tertiary/aromatic N) is 1. The third-order valence-electron chi connectivity index (χ3n) is 14.1. The van der Waals surface area contributed by atoms with Crippen LogP contribution in [0, 0.1) is 23.2 Å². The molecule has 1 aliphatic carbocycles. The molecule has 68 heavy (non-hydrogen) atoms. The Bertz CT molecular complexity index is 2080. The van der Waals surface area contributed by atoms with Crippen LogP contribution in [0.5, 0.6) is 0 Å². The highest BCUT2D eigenvalue weighted by atomic mass is 16.2. The van der Waals surface area contributed by atoms with Gasteiger partial charge in [-0.05, 0) is 114 Å². The van der Waals surface area contributed by atoms with Gasteiger partial charge < -0.3 is 42.1 Å². The number of carbonyl (C=O) groups is 7. The first-order valence-corrected chi connectivity index (χ1v) is 24.8. The van der Waals surface area contributed by atoms with Crippen LogP contribution in [0.2, 0.25) is 0 Å². The second kappa shape index (κ2) is 25.0. The summed E-state index contributed by atoms with van der Waals surface area (Å²) in [5, 5.41) is 21.7. The molecule has 1 unspecified atom stereocenters. The van der Waals surface area contributed by atoms with E-state index in [2.05, 4.69) is 43.3 Å². The fraction of sp³-hybridized carbons (Fsp3) is 0.642. The minimum Gasteiger partial charge on any atom is -0.352 e. The molecule has 5 amide bonds. The summed E-state index contributed by atoms with van der Waals surface area (Å²) in [6.07, 6.45) is 3.06. The molecule has 0 aromatic heterocycles. The Morgan fingerprint density at radius 2 is 1.34 bits per heavy atom. The first kappa shape index (κ1) is 55.6. The number of hydrogen-bond donors (Lipinski definition) is 7. The molecule has 10 atom stereocenters. The molecule has 1 heterocycles. The van der Waals surface area contributed by atoms with E-state index in [1.807, 2.05) is 80.5 Å². The van der Waals surface area contributed by atoms with Crippen LogP contribution < -0.4 is 37.2 Å². The quantitative estimate of drug-likeness (QED) is 0.0741. The van der Waals surface area contributed by atoms with Crippen molar-refractivity contribution in [1.29, 1.82) is 0 Å². The van der Waals surface area contributed by atoms with Gasteiger partial charge in [0.05, 0.1) is 24.2 Å². The summed E-state index contributed by atoms with van der Waals surface area (Å²) >= 11 is 0.